The topological polar surface area (TPSA) is 43.4 Å². The van der Waals surface area contributed by atoms with Crippen molar-refractivity contribution in [2.45, 2.75) is 20.4 Å². The third-order valence-electron chi connectivity index (χ3n) is 2.94. The lowest BCUT2D eigenvalue weighted by Crippen LogP contribution is -2.21. The average Bonchev–Trinajstić information content (AvgIpc) is 2.49. The van der Waals surface area contributed by atoms with Crippen LogP contribution in [0.25, 0.3) is 0 Å². The molecule has 0 amide bonds. The largest absolute Gasteiger partial charge is 0.490 e. The number of ether oxygens (including phenoxy) is 2. The van der Waals surface area contributed by atoms with Gasteiger partial charge in [0.1, 0.15) is 6.61 Å². The van der Waals surface area contributed by atoms with Crippen molar-refractivity contribution in [2.24, 2.45) is 0 Å². The van der Waals surface area contributed by atoms with E-state index in [1.165, 1.54) is 0 Å². The standard InChI is InChI=1S/C17H22N2O2/c1-3-20-16-9-4-5-10-17(16)21-12-11-18-13-15-8-6-7-14(2)19-15/h4-10,18H,3,11-13H2,1-2H3. The van der Waals surface area contributed by atoms with E-state index in [0.717, 1.165) is 36.0 Å². The van der Waals surface area contributed by atoms with Crippen LogP contribution >= 0.6 is 0 Å². The van der Waals surface area contributed by atoms with E-state index in [9.17, 15) is 0 Å². The highest BCUT2D eigenvalue weighted by Gasteiger charge is 2.02. The molecule has 0 saturated carbocycles. The van der Waals surface area contributed by atoms with Gasteiger partial charge in [-0.25, -0.2) is 0 Å². The summed E-state index contributed by atoms with van der Waals surface area (Å²) in [5, 5.41) is 3.32. The van der Waals surface area contributed by atoms with Crippen LogP contribution in [0.2, 0.25) is 0 Å². The predicted octanol–water partition coefficient (Wildman–Crippen LogP) is 2.96. The molecule has 0 bridgehead atoms. The predicted molar refractivity (Wildman–Crippen MR) is 83.8 cm³/mol. The van der Waals surface area contributed by atoms with Crippen molar-refractivity contribution < 1.29 is 9.47 Å². The fourth-order valence-electron chi connectivity index (χ4n) is 1.99. The Labute approximate surface area is 126 Å². The Kier molecular flexibility index (Phi) is 6.03. The summed E-state index contributed by atoms with van der Waals surface area (Å²) >= 11 is 0. The third-order valence-corrected chi connectivity index (χ3v) is 2.94. The lowest BCUT2D eigenvalue weighted by Gasteiger charge is -2.11. The molecular weight excluding hydrogens is 264 g/mol. The Morgan fingerprint density at radius 1 is 1.00 bits per heavy atom. The second-order valence-electron chi connectivity index (χ2n) is 4.68. The van der Waals surface area contributed by atoms with Crippen molar-refractivity contribution in [3.05, 3.63) is 53.9 Å². The smallest absolute Gasteiger partial charge is 0.161 e. The molecule has 4 heteroatoms. The van der Waals surface area contributed by atoms with E-state index in [2.05, 4.69) is 10.3 Å². The molecule has 1 aromatic heterocycles. The summed E-state index contributed by atoms with van der Waals surface area (Å²) in [5.41, 5.74) is 2.08. The maximum absolute atomic E-state index is 5.74. The molecule has 0 atom stereocenters. The second-order valence-corrected chi connectivity index (χ2v) is 4.68. The van der Waals surface area contributed by atoms with Gasteiger partial charge in [-0.05, 0) is 38.1 Å². The molecule has 0 fully saturated rings. The van der Waals surface area contributed by atoms with Crippen molar-refractivity contribution >= 4 is 0 Å². The van der Waals surface area contributed by atoms with Gasteiger partial charge in [0.05, 0.1) is 12.3 Å². The molecular formula is C17H22N2O2. The number of para-hydroxylation sites is 2. The van der Waals surface area contributed by atoms with Crippen molar-refractivity contribution in [1.82, 2.24) is 10.3 Å². The molecule has 112 valence electrons. The lowest BCUT2D eigenvalue weighted by atomic mass is 10.3. The first-order chi connectivity index (χ1) is 10.3. The quantitative estimate of drug-likeness (QED) is 0.758. The molecule has 0 aliphatic heterocycles. The summed E-state index contributed by atoms with van der Waals surface area (Å²) in [4.78, 5) is 4.44. The Bertz CT molecular complexity index is 558. The molecule has 21 heavy (non-hydrogen) atoms. The fraction of sp³-hybridized carbons (Fsp3) is 0.353. The minimum atomic E-state index is 0.593. The number of pyridine rings is 1. The van der Waals surface area contributed by atoms with Crippen LogP contribution in [0.1, 0.15) is 18.3 Å². The molecule has 1 heterocycles. The molecule has 0 saturated heterocycles. The Morgan fingerprint density at radius 3 is 2.48 bits per heavy atom. The first kappa shape index (κ1) is 15.3. The maximum Gasteiger partial charge on any atom is 0.161 e. The van der Waals surface area contributed by atoms with Gasteiger partial charge in [0, 0.05) is 18.8 Å². The molecule has 0 spiro atoms. The third kappa shape index (κ3) is 5.08. The van der Waals surface area contributed by atoms with Gasteiger partial charge in [-0.1, -0.05) is 18.2 Å². The lowest BCUT2D eigenvalue weighted by molar-refractivity contribution is 0.275. The van der Waals surface area contributed by atoms with Gasteiger partial charge in [0.15, 0.2) is 11.5 Å². The monoisotopic (exact) mass is 286 g/mol. The highest BCUT2D eigenvalue weighted by atomic mass is 16.5. The van der Waals surface area contributed by atoms with Gasteiger partial charge in [-0.15, -0.1) is 0 Å². The molecule has 4 nitrogen and oxygen atoms in total. The summed E-state index contributed by atoms with van der Waals surface area (Å²) in [6, 6.07) is 13.8. The highest BCUT2D eigenvalue weighted by molar-refractivity contribution is 5.39. The average molecular weight is 286 g/mol. The normalized spacial score (nSPS) is 10.4. The van der Waals surface area contributed by atoms with Crippen molar-refractivity contribution in [1.29, 1.82) is 0 Å². The molecule has 0 aliphatic carbocycles. The van der Waals surface area contributed by atoms with Gasteiger partial charge in [0.25, 0.3) is 0 Å². The van der Waals surface area contributed by atoms with Crippen LogP contribution in [0.5, 0.6) is 11.5 Å². The SMILES string of the molecule is CCOc1ccccc1OCCNCc1cccc(C)n1. The number of nitrogens with one attached hydrogen (secondary N) is 1. The van der Waals surface area contributed by atoms with Crippen LogP contribution in [-0.2, 0) is 6.54 Å². The number of hydrogen-bond donors (Lipinski definition) is 1. The highest BCUT2D eigenvalue weighted by Crippen LogP contribution is 2.25. The first-order valence-electron chi connectivity index (χ1n) is 7.27. The van der Waals surface area contributed by atoms with Crippen LogP contribution in [0.3, 0.4) is 0 Å². The molecule has 0 radical (unpaired) electrons. The number of aryl methyl sites for hydroxylation is 1. The van der Waals surface area contributed by atoms with Crippen molar-refractivity contribution in [3.63, 3.8) is 0 Å². The number of aromatic nitrogens is 1. The van der Waals surface area contributed by atoms with Crippen LogP contribution in [0, 0.1) is 6.92 Å². The van der Waals surface area contributed by atoms with Gasteiger partial charge < -0.3 is 14.8 Å². The van der Waals surface area contributed by atoms with Crippen LogP contribution < -0.4 is 14.8 Å². The molecule has 0 unspecified atom stereocenters. The molecule has 2 rings (SSSR count). The zero-order valence-electron chi connectivity index (χ0n) is 12.6. The Morgan fingerprint density at radius 2 is 1.76 bits per heavy atom. The zero-order chi connectivity index (χ0) is 14.9. The van der Waals surface area contributed by atoms with Gasteiger partial charge in [-0.3, -0.25) is 4.98 Å². The van der Waals surface area contributed by atoms with Gasteiger partial charge >= 0.3 is 0 Å². The van der Waals surface area contributed by atoms with E-state index in [4.69, 9.17) is 9.47 Å². The second kappa shape index (κ2) is 8.27. The number of rotatable bonds is 8. The number of benzene rings is 1. The van der Waals surface area contributed by atoms with Crippen molar-refractivity contribution in [2.75, 3.05) is 19.8 Å². The van der Waals surface area contributed by atoms with E-state index >= 15 is 0 Å². The minimum absolute atomic E-state index is 0.593. The summed E-state index contributed by atoms with van der Waals surface area (Å²) in [7, 11) is 0. The maximum atomic E-state index is 5.74. The van der Waals surface area contributed by atoms with Crippen LogP contribution in [0.4, 0.5) is 0 Å². The van der Waals surface area contributed by atoms with Crippen LogP contribution in [-0.4, -0.2) is 24.7 Å². The van der Waals surface area contributed by atoms with E-state index in [-0.39, 0.29) is 0 Å². The molecule has 1 aromatic carbocycles. The minimum Gasteiger partial charge on any atom is -0.490 e. The Balaban J connectivity index is 1.72. The molecule has 1 N–H and O–H groups in total. The fourth-order valence-corrected chi connectivity index (χ4v) is 1.99. The van der Waals surface area contributed by atoms with E-state index in [1.54, 1.807) is 0 Å². The first-order valence-corrected chi connectivity index (χ1v) is 7.27. The van der Waals surface area contributed by atoms with Crippen molar-refractivity contribution in [3.8, 4) is 11.5 Å². The summed E-state index contributed by atoms with van der Waals surface area (Å²) in [6.45, 7) is 6.70. The number of nitrogens with zero attached hydrogens (tertiary/aromatic N) is 1. The zero-order valence-corrected chi connectivity index (χ0v) is 12.6. The van der Waals surface area contributed by atoms with Gasteiger partial charge in [-0.2, -0.15) is 0 Å². The van der Waals surface area contributed by atoms with Gasteiger partial charge in [0.2, 0.25) is 0 Å². The van der Waals surface area contributed by atoms with E-state index < -0.39 is 0 Å². The molecule has 2 aromatic rings. The van der Waals surface area contributed by atoms with E-state index in [1.807, 2.05) is 56.3 Å². The number of hydrogen-bond acceptors (Lipinski definition) is 4. The summed E-state index contributed by atoms with van der Waals surface area (Å²) in [5.74, 6) is 1.58. The Hall–Kier alpha value is -2.07. The van der Waals surface area contributed by atoms with E-state index in [0.29, 0.717) is 13.2 Å². The molecule has 0 aliphatic rings. The summed E-state index contributed by atoms with van der Waals surface area (Å²) < 4.78 is 11.3. The van der Waals surface area contributed by atoms with Crippen LogP contribution in [0.15, 0.2) is 42.5 Å². The summed E-state index contributed by atoms with van der Waals surface area (Å²) in [6.07, 6.45) is 0.